The van der Waals surface area contributed by atoms with Crippen LogP contribution in [0.25, 0.3) is 10.8 Å². The molecule has 2 aromatic carbocycles. The summed E-state index contributed by atoms with van der Waals surface area (Å²) in [7, 11) is 0. The molecule has 0 saturated carbocycles. The fourth-order valence-electron chi connectivity index (χ4n) is 3.48. The molecule has 1 aliphatic rings. The number of halogens is 1. The average molecular weight is 354 g/mol. The van der Waals surface area contributed by atoms with Gasteiger partial charge in [0.2, 0.25) is 0 Å². The molecule has 25 heavy (non-hydrogen) atoms. The predicted molar refractivity (Wildman–Crippen MR) is 103 cm³/mol. The smallest absolute Gasteiger partial charge is 0.255 e. The molecule has 1 aliphatic heterocycles. The van der Waals surface area contributed by atoms with Crippen molar-refractivity contribution in [3.8, 4) is 0 Å². The monoisotopic (exact) mass is 353 g/mol. The lowest BCUT2D eigenvalue weighted by Gasteiger charge is -2.18. The average Bonchev–Trinajstić information content (AvgIpc) is 3.04. The molecule has 0 unspecified atom stereocenters. The van der Waals surface area contributed by atoms with Gasteiger partial charge in [0.1, 0.15) is 0 Å². The van der Waals surface area contributed by atoms with E-state index in [1.807, 2.05) is 42.5 Å². The molecule has 0 radical (unpaired) electrons. The summed E-state index contributed by atoms with van der Waals surface area (Å²) in [5.74, 6) is 0. The van der Waals surface area contributed by atoms with E-state index in [4.69, 9.17) is 11.6 Å². The molecule has 0 bridgehead atoms. The maximum Gasteiger partial charge on any atom is 0.255 e. The fraction of sp³-hybridized carbons (Fsp3) is 0.250. The Morgan fingerprint density at radius 2 is 2.08 bits per heavy atom. The van der Waals surface area contributed by atoms with Crippen LogP contribution in [0.4, 0.5) is 5.69 Å². The van der Waals surface area contributed by atoms with Gasteiger partial charge in [-0.05, 0) is 47.7 Å². The lowest BCUT2D eigenvalue weighted by Crippen LogP contribution is -2.26. The Morgan fingerprint density at radius 1 is 1.20 bits per heavy atom. The first-order valence-electron chi connectivity index (χ1n) is 8.53. The fourth-order valence-corrected chi connectivity index (χ4v) is 3.67. The standard InChI is InChI=1S/C20H20ClN3O/c21-19-4-2-1-3-15(19)12-24-10-8-17(13-24)23-16-5-6-18-14(11-16)7-9-22-20(18)25/h1-7,9,11,17,23H,8,10,12-13H2,(H,22,25)/t17-/m0/s1. The van der Waals surface area contributed by atoms with Crippen LogP contribution in [0, 0.1) is 0 Å². The second-order valence-electron chi connectivity index (χ2n) is 6.57. The van der Waals surface area contributed by atoms with E-state index in [0.29, 0.717) is 6.04 Å². The van der Waals surface area contributed by atoms with Crippen molar-refractivity contribution in [2.45, 2.75) is 19.0 Å². The van der Waals surface area contributed by atoms with Crippen molar-refractivity contribution in [1.82, 2.24) is 9.88 Å². The lowest BCUT2D eigenvalue weighted by molar-refractivity contribution is 0.329. The number of anilines is 1. The van der Waals surface area contributed by atoms with Crippen LogP contribution in [-0.2, 0) is 6.54 Å². The molecule has 4 rings (SSSR count). The SMILES string of the molecule is O=c1[nH]ccc2cc(N[C@H]3CCN(Cc4ccccc4Cl)C3)ccc12. The van der Waals surface area contributed by atoms with Crippen molar-refractivity contribution >= 4 is 28.1 Å². The highest BCUT2D eigenvalue weighted by atomic mass is 35.5. The number of nitrogens with zero attached hydrogens (tertiary/aromatic N) is 1. The molecule has 0 spiro atoms. The summed E-state index contributed by atoms with van der Waals surface area (Å²) >= 11 is 6.27. The Kier molecular flexibility index (Phi) is 4.47. The number of benzene rings is 2. The summed E-state index contributed by atoms with van der Waals surface area (Å²) in [6, 6.07) is 16.3. The molecule has 1 aromatic heterocycles. The molecular weight excluding hydrogens is 334 g/mol. The van der Waals surface area contributed by atoms with E-state index >= 15 is 0 Å². The molecular formula is C20H20ClN3O. The van der Waals surface area contributed by atoms with Gasteiger partial charge >= 0.3 is 0 Å². The maximum atomic E-state index is 11.8. The Balaban J connectivity index is 1.43. The van der Waals surface area contributed by atoms with Gasteiger partial charge in [-0.2, -0.15) is 0 Å². The Morgan fingerprint density at radius 3 is 2.96 bits per heavy atom. The highest BCUT2D eigenvalue weighted by molar-refractivity contribution is 6.31. The molecule has 1 atom stereocenters. The minimum atomic E-state index is -0.0455. The number of H-pyrrole nitrogens is 1. The van der Waals surface area contributed by atoms with Crippen molar-refractivity contribution in [2.24, 2.45) is 0 Å². The van der Waals surface area contributed by atoms with Crippen molar-refractivity contribution in [3.63, 3.8) is 0 Å². The van der Waals surface area contributed by atoms with E-state index < -0.39 is 0 Å². The molecule has 1 saturated heterocycles. The Hall–Kier alpha value is -2.30. The van der Waals surface area contributed by atoms with Gasteiger partial charge in [-0.25, -0.2) is 0 Å². The molecule has 4 nitrogen and oxygen atoms in total. The molecule has 0 amide bonds. The van der Waals surface area contributed by atoms with Gasteiger partial charge in [0.05, 0.1) is 0 Å². The molecule has 5 heteroatoms. The number of aromatic nitrogens is 1. The number of hydrogen-bond donors (Lipinski definition) is 2. The van der Waals surface area contributed by atoms with Gasteiger partial charge in [0.25, 0.3) is 5.56 Å². The van der Waals surface area contributed by atoms with Gasteiger partial charge in [-0.3, -0.25) is 9.69 Å². The van der Waals surface area contributed by atoms with Crippen molar-refractivity contribution < 1.29 is 0 Å². The molecule has 2 heterocycles. The van der Waals surface area contributed by atoms with Crippen molar-refractivity contribution in [3.05, 3.63) is 75.7 Å². The first-order valence-corrected chi connectivity index (χ1v) is 8.90. The third-order valence-corrected chi connectivity index (χ3v) is 5.14. The lowest BCUT2D eigenvalue weighted by atomic mass is 10.1. The number of pyridine rings is 1. The molecule has 0 aliphatic carbocycles. The summed E-state index contributed by atoms with van der Waals surface area (Å²) in [6.45, 7) is 2.92. The summed E-state index contributed by atoms with van der Waals surface area (Å²) in [6.07, 6.45) is 2.78. The third-order valence-electron chi connectivity index (χ3n) is 4.77. The number of nitrogens with one attached hydrogen (secondary N) is 2. The van der Waals surface area contributed by atoms with Crippen LogP contribution >= 0.6 is 11.6 Å². The first-order chi connectivity index (χ1) is 12.2. The van der Waals surface area contributed by atoms with E-state index in [2.05, 4.69) is 21.3 Å². The van der Waals surface area contributed by atoms with Crippen molar-refractivity contribution in [2.75, 3.05) is 18.4 Å². The number of aromatic amines is 1. The Bertz CT molecular complexity index is 953. The van der Waals surface area contributed by atoms with E-state index in [1.165, 1.54) is 5.56 Å². The van der Waals surface area contributed by atoms with Crippen LogP contribution in [0.3, 0.4) is 0 Å². The number of rotatable bonds is 4. The maximum absolute atomic E-state index is 11.8. The number of likely N-dealkylation sites (tertiary alicyclic amines) is 1. The molecule has 2 N–H and O–H groups in total. The second-order valence-corrected chi connectivity index (χ2v) is 6.97. The summed E-state index contributed by atoms with van der Waals surface area (Å²) in [5, 5.41) is 6.11. The topological polar surface area (TPSA) is 48.1 Å². The third kappa shape index (κ3) is 3.55. The zero-order chi connectivity index (χ0) is 17.2. The summed E-state index contributed by atoms with van der Waals surface area (Å²) in [4.78, 5) is 16.9. The minimum Gasteiger partial charge on any atom is -0.381 e. The molecule has 128 valence electrons. The second kappa shape index (κ2) is 6.90. The zero-order valence-electron chi connectivity index (χ0n) is 13.8. The van der Waals surface area contributed by atoms with Gasteiger partial charge in [0.15, 0.2) is 0 Å². The first kappa shape index (κ1) is 16.2. The molecule has 1 fully saturated rings. The Labute approximate surface area is 151 Å². The van der Waals surface area contributed by atoms with Crippen LogP contribution < -0.4 is 10.9 Å². The summed E-state index contributed by atoms with van der Waals surface area (Å²) in [5.41, 5.74) is 2.19. The van der Waals surface area contributed by atoms with Crippen LogP contribution in [0.2, 0.25) is 5.02 Å². The largest absolute Gasteiger partial charge is 0.381 e. The van der Waals surface area contributed by atoms with E-state index in [0.717, 1.165) is 47.5 Å². The van der Waals surface area contributed by atoms with Crippen molar-refractivity contribution in [1.29, 1.82) is 0 Å². The van der Waals surface area contributed by atoms with E-state index in [-0.39, 0.29) is 5.56 Å². The minimum absolute atomic E-state index is 0.0455. The van der Waals surface area contributed by atoms with Gasteiger partial charge in [0, 0.05) is 48.0 Å². The molecule has 3 aromatic rings. The van der Waals surface area contributed by atoms with Crippen LogP contribution in [0.1, 0.15) is 12.0 Å². The summed E-state index contributed by atoms with van der Waals surface area (Å²) < 4.78 is 0. The van der Waals surface area contributed by atoms with Crippen LogP contribution in [0.5, 0.6) is 0 Å². The van der Waals surface area contributed by atoms with Crippen LogP contribution in [0.15, 0.2) is 59.5 Å². The zero-order valence-corrected chi connectivity index (χ0v) is 14.6. The van der Waals surface area contributed by atoms with E-state index in [9.17, 15) is 4.79 Å². The van der Waals surface area contributed by atoms with Gasteiger partial charge in [-0.1, -0.05) is 29.8 Å². The highest BCUT2D eigenvalue weighted by Gasteiger charge is 2.22. The normalized spacial score (nSPS) is 17.9. The van der Waals surface area contributed by atoms with Gasteiger partial charge < -0.3 is 10.3 Å². The number of fused-ring (bicyclic) bond motifs is 1. The van der Waals surface area contributed by atoms with Gasteiger partial charge in [-0.15, -0.1) is 0 Å². The highest BCUT2D eigenvalue weighted by Crippen LogP contribution is 2.23. The quantitative estimate of drug-likeness (QED) is 0.748. The predicted octanol–water partition coefficient (Wildman–Crippen LogP) is 3.87. The number of hydrogen-bond acceptors (Lipinski definition) is 3. The van der Waals surface area contributed by atoms with E-state index in [1.54, 1.807) is 6.20 Å². The van der Waals surface area contributed by atoms with Crippen LogP contribution in [-0.4, -0.2) is 29.0 Å².